The molecule has 5 heteroatoms. The Balaban J connectivity index is 4.39. The van der Waals surface area contributed by atoms with Crippen molar-refractivity contribution in [3.8, 4) is 0 Å². The van der Waals surface area contributed by atoms with Crippen LogP contribution in [0.15, 0.2) is 0 Å². The third kappa shape index (κ3) is 5.78. The highest BCUT2D eigenvalue weighted by molar-refractivity contribution is 7.53. The van der Waals surface area contributed by atoms with E-state index in [9.17, 15) is 14.3 Å². The fraction of sp³-hybridized carbons (Fsp3) is 0.909. The van der Waals surface area contributed by atoms with Crippen molar-refractivity contribution in [1.29, 1.82) is 0 Å². The number of ketones is 1. The lowest BCUT2D eigenvalue weighted by atomic mass is 9.83. The van der Waals surface area contributed by atoms with Crippen LogP contribution in [0.3, 0.4) is 0 Å². The molecule has 1 N–H and O–H groups in total. The summed E-state index contributed by atoms with van der Waals surface area (Å²) < 4.78 is 16.1. The molecule has 0 heterocycles. The second-order valence-corrected chi connectivity index (χ2v) is 6.47. The van der Waals surface area contributed by atoms with Gasteiger partial charge >= 0.3 is 7.60 Å². The predicted octanol–water partition coefficient (Wildman–Crippen LogP) is 2.99. The normalized spacial score (nSPS) is 15.8. The van der Waals surface area contributed by atoms with Gasteiger partial charge in [0.15, 0.2) is 0 Å². The van der Waals surface area contributed by atoms with E-state index >= 15 is 0 Å². The van der Waals surface area contributed by atoms with E-state index in [4.69, 9.17) is 0 Å². The Morgan fingerprint density at radius 2 is 1.94 bits per heavy atom. The molecule has 1 unspecified atom stereocenters. The number of rotatable bonds is 8. The summed E-state index contributed by atoms with van der Waals surface area (Å²) >= 11 is 0. The fourth-order valence-electron chi connectivity index (χ4n) is 1.40. The molecule has 0 aliphatic rings. The van der Waals surface area contributed by atoms with Crippen molar-refractivity contribution in [2.24, 2.45) is 5.41 Å². The molecule has 4 nitrogen and oxygen atoms in total. The van der Waals surface area contributed by atoms with E-state index in [0.717, 1.165) is 19.3 Å². The van der Waals surface area contributed by atoms with Crippen molar-refractivity contribution in [1.82, 2.24) is 0 Å². The molecule has 0 bridgehead atoms. The molecule has 0 aromatic heterocycles. The first-order chi connectivity index (χ1) is 7.25. The number of unbranched alkanes of at least 4 members (excludes halogenated alkanes) is 1. The fourth-order valence-corrected chi connectivity index (χ4v) is 2.69. The average molecular weight is 250 g/mol. The zero-order chi connectivity index (χ0) is 12.8. The van der Waals surface area contributed by atoms with Crippen LogP contribution in [0.5, 0.6) is 0 Å². The van der Waals surface area contributed by atoms with Gasteiger partial charge in [0.2, 0.25) is 0 Å². The van der Waals surface area contributed by atoms with Crippen molar-refractivity contribution in [2.75, 3.05) is 12.8 Å². The van der Waals surface area contributed by atoms with Crippen LogP contribution < -0.4 is 0 Å². The highest BCUT2D eigenvalue weighted by Crippen LogP contribution is 2.43. The zero-order valence-corrected chi connectivity index (χ0v) is 11.5. The molecule has 0 saturated carbocycles. The molecule has 16 heavy (non-hydrogen) atoms. The Morgan fingerprint density at radius 1 is 1.38 bits per heavy atom. The van der Waals surface area contributed by atoms with Crippen LogP contribution in [0, 0.1) is 5.41 Å². The minimum Gasteiger partial charge on any atom is -0.324 e. The summed E-state index contributed by atoms with van der Waals surface area (Å²) in [5, 5.41) is 0. The highest BCUT2D eigenvalue weighted by atomic mass is 31.2. The molecule has 0 aromatic carbocycles. The molecule has 1 atom stereocenters. The Morgan fingerprint density at radius 3 is 2.38 bits per heavy atom. The lowest BCUT2D eigenvalue weighted by molar-refractivity contribution is -0.125. The van der Waals surface area contributed by atoms with Crippen molar-refractivity contribution >= 4 is 13.4 Å². The maximum absolute atomic E-state index is 11.8. The minimum atomic E-state index is -3.73. The first-order valence-electron chi connectivity index (χ1n) is 5.75. The van der Waals surface area contributed by atoms with Crippen molar-refractivity contribution in [3.63, 3.8) is 0 Å². The smallest absolute Gasteiger partial charge is 0.324 e. The Kier molecular flexibility index (Phi) is 6.46. The van der Waals surface area contributed by atoms with Gasteiger partial charge in [-0.2, -0.15) is 0 Å². The van der Waals surface area contributed by atoms with Gasteiger partial charge in [-0.1, -0.05) is 33.6 Å². The molecule has 0 radical (unpaired) electrons. The van der Waals surface area contributed by atoms with Gasteiger partial charge in [-0.3, -0.25) is 9.36 Å². The summed E-state index contributed by atoms with van der Waals surface area (Å²) in [4.78, 5) is 21.2. The monoisotopic (exact) mass is 250 g/mol. The van der Waals surface area contributed by atoms with E-state index in [1.54, 1.807) is 6.92 Å². The molecule has 0 amide bonds. The van der Waals surface area contributed by atoms with Gasteiger partial charge in [-0.15, -0.1) is 0 Å². The van der Waals surface area contributed by atoms with Crippen LogP contribution in [0.2, 0.25) is 0 Å². The molecule has 0 saturated heterocycles. The van der Waals surface area contributed by atoms with Crippen molar-refractivity contribution in [3.05, 3.63) is 0 Å². The van der Waals surface area contributed by atoms with Crippen LogP contribution in [-0.4, -0.2) is 23.4 Å². The van der Waals surface area contributed by atoms with Crippen molar-refractivity contribution in [2.45, 2.75) is 47.0 Å². The Bertz CT molecular complexity index is 273. The maximum atomic E-state index is 11.8. The lowest BCUT2D eigenvalue weighted by Crippen LogP contribution is -2.27. The van der Waals surface area contributed by atoms with E-state index in [1.165, 1.54) is 0 Å². The molecule has 96 valence electrons. The van der Waals surface area contributed by atoms with Gasteiger partial charge in [0.25, 0.3) is 0 Å². The third-order valence-corrected chi connectivity index (χ3v) is 3.93. The maximum Gasteiger partial charge on any atom is 0.335 e. The predicted molar refractivity (Wildman–Crippen MR) is 64.6 cm³/mol. The second kappa shape index (κ2) is 6.53. The van der Waals surface area contributed by atoms with Crippen LogP contribution in [-0.2, 0) is 13.9 Å². The molecule has 0 spiro atoms. The van der Waals surface area contributed by atoms with E-state index < -0.39 is 13.0 Å². The molecular weight excluding hydrogens is 227 g/mol. The average Bonchev–Trinajstić information content (AvgIpc) is 2.13. The van der Waals surface area contributed by atoms with Gasteiger partial charge in [-0.05, 0) is 13.3 Å². The number of Topliss-reactive ketones (excluding diaryl/α,β-unsaturated/α-hetero) is 1. The number of carbonyl (C=O) groups excluding carboxylic acids is 1. The molecule has 0 aromatic rings. The van der Waals surface area contributed by atoms with Crippen LogP contribution in [0.25, 0.3) is 0 Å². The standard InChI is InChI=1S/C11H23O4P/c1-5-7-8-11(3,4)10(12)9-16(13,14)15-6-2/h5-9H2,1-4H3,(H,13,14). The van der Waals surface area contributed by atoms with Crippen LogP contribution in [0.4, 0.5) is 0 Å². The molecular formula is C11H23O4P. The van der Waals surface area contributed by atoms with Gasteiger partial charge < -0.3 is 9.42 Å². The van der Waals surface area contributed by atoms with E-state index in [2.05, 4.69) is 11.4 Å². The van der Waals surface area contributed by atoms with Crippen LogP contribution in [0.1, 0.15) is 47.0 Å². The number of carbonyl (C=O) groups is 1. The highest BCUT2D eigenvalue weighted by Gasteiger charge is 2.33. The molecule has 0 aliphatic heterocycles. The minimum absolute atomic E-state index is 0.149. The summed E-state index contributed by atoms with van der Waals surface area (Å²) in [6.07, 6.45) is 2.33. The summed E-state index contributed by atoms with van der Waals surface area (Å²) in [6, 6.07) is 0. The second-order valence-electron chi connectivity index (χ2n) is 4.62. The van der Waals surface area contributed by atoms with Gasteiger partial charge in [0.1, 0.15) is 11.9 Å². The molecule has 0 rings (SSSR count). The summed E-state index contributed by atoms with van der Waals surface area (Å²) in [5.41, 5.74) is -0.536. The number of hydrogen-bond acceptors (Lipinski definition) is 3. The number of hydrogen-bond donors (Lipinski definition) is 1. The third-order valence-electron chi connectivity index (χ3n) is 2.58. The summed E-state index contributed by atoms with van der Waals surface area (Å²) in [6.45, 7) is 7.47. The van der Waals surface area contributed by atoms with E-state index in [-0.39, 0.29) is 18.6 Å². The topological polar surface area (TPSA) is 63.6 Å². The largest absolute Gasteiger partial charge is 0.335 e. The SMILES string of the molecule is CCCCC(C)(C)C(=O)CP(=O)(O)OCC. The lowest BCUT2D eigenvalue weighted by Gasteiger charge is -2.23. The van der Waals surface area contributed by atoms with E-state index in [0.29, 0.717) is 0 Å². The first-order valence-corrected chi connectivity index (χ1v) is 7.51. The van der Waals surface area contributed by atoms with Gasteiger partial charge in [0.05, 0.1) is 6.61 Å². The molecule has 0 fully saturated rings. The zero-order valence-electron chi connectivity index (χ0n) is 10.7. The summed E-state index contributed by atoms with van der Waals surface area (Å²) in [5.74, 6) is -0.194. The van der Waals surface area contributed by atoms with E-state index in [1.807, 2.05) is 13.8 Å². The van der Waals surface area contributed by atoms with Gasteiger partial charge in [0, 0.05) is 5.41 Å². The Labute approximate surface area is 97.9 Å². The van der Waals surface area contributed by atoms with Crippen LogP contribution >= 0.6 is 7.60 Å². The Hall–Kier alpha value is -0.180. The summed E-state index contributed by atoms with van der Waals surface area (Å²) in [7, 11) is -3.73. The first kappa shape index (κ1) is 15.8. The molecule has 0 aliphatic carbocycles. The van der Waals surface area contributed by atoms with Gasteiger partial charge in [-0.25, -0.2) is 0 Å². The van der Waals surface area contributed by atoms with Crippen molar-refractivity contribution < 1.29 is 18.8 Å². The quantitative estimate of drug-likeness (QED) is 0.672.